The standard InChI is InChI=1S/C6H4N6/c1-4-5(11-9-1)8-3-12-6(4)7-2-10-12/h1-3H,(H,7,10). The number of nitrogens with zero attached hydrogens (tertiary/aromatic N) is 5. The van der Waals surface area contributed by atoms with Crippen molar-refractivity contribution in [1.82, 2.24) is 29.8 Å². The topological polar surface area (TPSA) is 71.8 Å². The highest BCUT2D eigenvalue weighted by molar-refractivity contribution is 5.71. The predicted molar refractivity (Wildman–Crippen MR) is 39.5 cm³/mol. The Hall–Kier alpha value is -1.98. The summed E-state index contributed by atoms with van der Waals surface area (Å²) >= 11 is 0. The van der Waals surface area contributed by atoms with Crippen molar-refractivity contribution >= 4 is 5.65 Å². The highest BCUT2D eigenvalue weighted by Gasteiger charge is 2.11. The third-order valence-corrected chi connectivity index (χ3v) is 1.73. The van der Waals surface area contributed by atoms with Gasteiger partial charge in [0.15, 0.2) is 11.5 Å². The molecule has 12 heavy (non-hydrogen) atoms. The van der Waals surface area contributed by atoms with Gasteiger partial charge in [-0.1, -0.05) is 0 Å². The summed E-state index contributed by atoms with van der Waals surface area (Å²) in [6.07, 6.45) is 4.88. The van der Waals surface area contributed by atoms with Gasteiger partial charge in [-0.3, -0.25) is 5.10 Å². The minimum atomic E-state index is 0.627. The maximum absolute atomic E-state index is 4.11. The molecule has 1 aromatic heterocycles. The number of nitrogens with one attached hydrogen (secondary N) is 1. The summed E-state index contributed by atoms with van der Waals surface area (Å²) in [7, 11) is 0. The van der Waals surface area contributed by atoms with Crippen LogP contribution in [0.1, 0.15) is 0 Å². The van der Waals surface area contributed by atoms with E-state index in [2.05, 4.69) is 25.3 Å². The van der Waals surface area contributed by atoms with E-state index in [0.717, 1.165) is 11.2 Å². The average molecular weight is 160 g/mol. The van der Waals surface area contributed by atoms with Crippen molar-refractivity contribution in [3.8, 4) is 11.4 Å². The maximum Gasteiger partial charge on any atom is 0.188 e. The van der Waals surface area contributed by atoms with Crippen LogP contribution in [-0.4, -0.2) is 29.8 Å². The zero-order chi connectivity index (χ0) is 7.97. The highest BCUT2D eigenvalue weighted by atomic mass is 15.3. The summed E-state index contributed by atoms with van der Waals surface area (Å²) in [6, 6.07) is 0. The molecule has 0 radical (unpaired) electrons. The number of aromatic nitrogens is 6. The van der Waals surface area contributed by atoms with Gasteiger partial charge in [0.25, 0.3) is 0 Å². The molecule has 3 rings (SSSR count). The first-order valence-electron chi connectivity index (χ1n) is 3.43. The number of fused-ring (bicyclic) bond motifs is 3. The summed E-state index contributed by atoms with van der Waals surface area (Å²) in [4.78, 5) is 8.17. The monoisotopic (exact) mass is 160 g/mol. The van der Waals surface area contributed by atoms with Crippen LogP contribution >= 0.6 is 0 Å². The largest absolute Gasteiger partial charge is 0.281 e. The third kappa shape index (κ3) is 0.541. The van der Waals surface area contributed by atoms with Crippen molar-refractivity contribution < 1.29 is 0 Å². The summed E-state index contributed by atoms with van der Waals surface area (Å²) in [5, 5.41) is 10.5. The minimum Gasteiger partial charge on any atom is -0.281 e. The lowest BCUT2D eigenvalue weighted by molar-refractivity contribution is 0.915. The van der Waals surface area contributed by atoms with Crippen LogP contribution in [0.25, 0.3) is 17.0 Å². The molecule has 6 heteroatoms. The molecule has 0 spiro atoms. The van der Waals surface area contributed by atoms with E-state index >= 15 is 0 Å². The van der Waals surface area contributed by atoms with Crippen LogP contribution in [0.2, 0.25) is 0 Å². The predicted octanol–water partition coefficient (Wildman–Crippen LogP) is -0.0478. The van der Waals surface area contributed by atoms with E-state index in [0.29, 0.717) is 5.82 Å². The third-order valence-electron chi connectivity index (χ3n) is 1.73. The van der Waals surface area contributed by atoms with E-state index in [-0.39, 0.29) is 0 Å². The van der Waals surface area contributed by atoms with Gasteiger partial charge in [0.2, 0.25) is 0 Å². The number of H-pyrrole nitrogens is 1. The Morgan fingerprint density at radius 2 is 2.33 bits per heavy atom. The lowest BCUT2D eigenvalue weighted by Gasteiger charge is -1.95. The van der Waals surface area contributed by atoms with Gasteiger partial charge < -0.3 is 0 Å². The molecule has 58 valence electrons. The zero-order valence-electron chi connectivity index (χ0n) is 5.97. The number of hydrogen-bond acceptors (Lipinski definition) is 4. The second-order valence-electron chi connectivity index (χ2n) is 2.41. The van der Waals surface area contributed by atoms with E-state index in [9.17, 15) is 0 Å². The molecular weight excluding hydrogens is 156 g/mol. The van der Waals surface area contributed by atoms with Gasteiger partial charge in [-0.15, -0.1) is 5.10 Å². The van der Waals surface area contributed by atoms with Gasteiger partial charge in [0.1, 0.15) is 12.7 Å². The van der Waals surface area contributed by atoms with Crippen LogP contribution in [0.5, 0.6) is 0 Å². The van der Waals surface area contributed by atoms with Crippen molar-refractivity contribution in [3.63, 3.8) is 0 Å². The van der Waals surface area contributed by atoms with Crippen molar-refractivity contribution in [2.24, 2.45) is 0 Å². The Labute approximate surface area is 66.6 Å². The van der Waals surface area contributed by atoms with Gasteiger partial charge in [-0.2, -0.15) is 5.10 Å². The van der Waals surface area contributed by atoms with E-state index in [1.807, 2.05) is 0 Å². The van der Waals surface area contributed by atoms with Gasteiger partial charge in [0.05, 0.1) is 11.8 Å². The fourth-order valence-corrected chi connectivity index (χ4v) is 1.18. The molecule has 0 saturated heterocycles. The van der Waals surface area contributed by atoms with E-state index in [1.165, 1.54) is 0 Å². The van der Waals surface area contributed by atoms with Gasteiger partial charge in [-0.25, -0.2) is 14.5 Å². The molecule has 0 aliphatic carbocycles. The van der Waals surface area contributed by atoms with E-state index in [1.54, 1.807) is 23.4 Å². The highest BCUT2D eigenvalue weighted by Crippen LogP contribution is 2.18. The van der Waals surface area contributed by atoms with Crippen molar-refractivity contribution in [2.75, 3.05) is 0 Å². The molecule has 6 nitrogen and oxygen atoms in total. The minimum absolute atomic E-state index is 0.627. The van der Waals surface area contributed by atoms with Crippen LogP contribution in [0.4, 0.5) is 0 Å². The van der Waals surface area contributed by atoms with Gasteiger partial charge >= 0.3 is 0 Å². The first-order chi connectivity index (χ1) is 5.95. The molecule has 0 aromatic carbocycles. The second kappa shape index (κ2) is 1.79. The molecule has 0 atom stereocenters. The van der Waals surface area contributed by atoms with Crippen LogP contribution in [0.15, 0.2) is 18.9 Å². The smallest absolute Gasteiger partial charge is 0.188 e. The lowest BCUT2D eigenvalue weighted by atomic mass is 10.3. The number of rotatable bonds is 0. The first kappa shape index (κ1) is 5.64. The molecule has 1 N–H and O–H groups in total. The summed E-state index contributed by atoms with van der Waals surface area (Å²) in [6.45, 7) is 0. The van der Waals surface area contributed by atoms with E-state index < -0.39 is 0 Å². The summed E-state index contributed by atoms with van der Waals surface area (Å²) < 4.78 is 1.71. The summed E-state index contributed by atoms with van der Waals surface area (Å²) in [5.41, 5.74) is 1.66. The molecule has 0 amide bonds. The Kier molecular flexibility index (Phi) is 0.840. The molecule has 3 heterocycles. The van der Waals surface area contributed by atoms with Crippen LogP contribution < -0.4 is 0 Å². The van der Waals surface area contributed by atoms with Crippen molar-refractivity contribution in [3.05, 3.63) is 18.9 Å². The maximum atomic E-state index is 4.11. The zero-order valence-corrected chi connectivity index (χ0v) is 5.97. The second-order valence-corrected chi connectivity index (χ2v) is 2.41. The molecule has 0 unspecified atom stereocenters. The Morgan fingerprint density at radius 3 is 3.33 bits per heavy atom. The van der Waals surface area contributed by atoms with Crippen LogP contribution in [0, 0.1) is 0 Å². The fraction of sp³-hybridized carbons (Fsp3) is 0. The van der Waals surface area contributed by atoms with Crippen molar-refractivity contribution in [1.29, 1.82) is 0 Å². The van der Waals surface area contributed by atoms with E-state index in [4.69, 9.17) is 0 Å². The molecule has 2 aliphatic heterocycles. The molecule has 0 saturated carbocycles. The lowest BCUT2D eigenvalue weighted by Crippen LogP contribution is -1.93. The molecule has 0 bridgehead atoms. The molecule has 1 aromatic rings. The van der Waals surface area contributed by atoms with Gasteiger partial charge in [0, 0.05) is 0 Å². The Bertz CT molecular complexity index is 494. The quantitative estimate of drug-likeness (QED) is 0.500. The Balaban J connectivity index is 2.61. The Morgan fingerprint density at radius 1 is 1.33 bits per heavy atom. The fourth-order valence-electron chi connectivity index (χ4n) is 1.18. The number of aromatic amines is 1. The molecular formula is C6H4N6. The van der Waals surface area contributed by atoms with Crippen LogP contribution in [0.3, 0.4) is 0 Å². The first-order valence-corrected chi connectivity index (χ1v) is 3.43. The van der Waals surface area contributed by atoms with Crippen LogP contribution in [-0.2, 0) is 0 Å². The normalized spacial score (nSPS) is 11.3. The molecule has 2 aliphatic rings. The average Bonchev–Trinajstić information content (AvgIpc) is 2.71. The summed E-state index contributed by atoms with van der Waals surface area (Å²) in [5.74, 6) is 0.627. The molecule has 0 fully saturated rings. The van der Waals surface area contributed by atoms with Gasteiger partial charge in [-0.05, 0) is 0 Å². The number of hydrogen-bond donors (Lipinski definition) is 1. The SMILES string of the molecule is c1nc2c3cnnc-3ncn2[nH]1. The van der Waals surface area contributed by atoms with Crippen molar-refractivity contribution in [2.45, 2.75) is 0 Å².